The van der Waals surface area contributed by atoms with Gasteiger partial charge in [0.1, 0.15) is 11.7 Å². The van der Waals surface area contributed by atoms with Gasteiger partial charge in [0.15, 0.2) is 5.78 Å². The molecule has 1 unspecified atom stereocenters. The van der Waals surface area contributed by atoms with E-state index in [-0.39, 0.29) is 5.78 Å². The van der Waals surface area contributed by atoms with Gasteiger partial charge in [-0.15, -0.1) is 0 Å². The van der Waals surface area contributed by atoms with Crippen LogP contribution in [-0.2, 0) is 4.79 Å². The molecule has 1 atom stereocenters. The summed E-state index contributed by atoms with van der Waals surface area (Å²) in [5, 5.41) is 0. The average Bonchev–Trinajstić information content (AvgIpc) is 2.45. The number of carbonyl (C=O) groups is 2. The summed E-state index contributed by atoms with van der Waals surface area (Å²) in [5.41, 5.74) is 0.532. The van der Waals surface area contributed by atoms with Crippen molar-refractivity contribution in [2.45, 2.75) is 19.3 Å². The van der Waals surface area contributed by atoms with Crippen molar-refractivity contribution in [2.24, 2.45) is 5.92 Å². The zero-order valence-electron chi connectivity index (χ0n) is 10.8. The summed E-state index contributed by atoms with van der Waals surface area (Å²) in [7, 11) is 0. The minimum atomic E-state index is -0.659. The summed E-state index contributed by atoms with van der Waals surface area (Å²) in [5.74, 6) is -0.771. The van der Waals surface area contributed by atoms with Crippen molar-refractivity contribution in [3.05, 3.63) is 29.8 Å². The lowest BCUT2D eigenvalue weighted by Gasteiger charge is -2.30. The maximum atomic E-state index is 12.4. The van der Waals surface area contributed by atoms with E-state index in [1.54, 1.807) is 24.3 Å². The van der Waals surface area contributed by atoms with Crippen LogP contribution in [0.5, 0.6) is 5.75 Å². The number of esters is 1. The van der Waals surface area contributed by atoms with E-state index in [0.717, 1.165) is 25.9 Å². The first-order valence-corrected chi connectivity index (χ1v) is 6.83. The third-order valence-corrected chi connectivity index (χ3v) is 3.85. The van der Waals surface area contributed by atoms with Crippen molar-refractivity contribution >= 4 is 11.8 Å². The van der Waals surface area contributed by atoms with Crippen LogP contribution in [0, 0.1) is 5.92 Å². The lowest BCUT2D eigenvalue weighted by Crippen LogP contribution is -2.43. The Balaban J connectivity index is 1.79. The predicted octanol–water partition coefficient (Wildman–Crippen LogP) is 1.89. The molecule has 100 valence electrons. The molecule has 0 aliphatic carbocycles. The van der Waals surface area contributed by atoms with Gasteiger partial charge in [-0.05, 0) is 38.1 Å². The Hall–Kier alpha value is -1.68. The Bertz CT molecular complexity index is 506. The lowest BCUT2D eigenvalue weighted by molar-refractivity contribution is -0.138. The van der Waals surface area contributed by atoms with Crippen molar-refractivity contribution in [3.63, 3.8) is 0 Å². The molecule has 3 rings (SSSR count). The van der Waals surface area contributed by atoms with E-state index in [1.807, 2.05) is 0 Å². The molecule has 0 N–H and O–H groups in total. The Morgan fingerprint density at radius 1 is 1.11 bits per heavy atom. The van der Waals surface area contributed by atoms with E-state index in [2.05, 4.69) is 4.90 Å². The second-order valence-corrected chi connectivity index (χ2v) is 5.20. The van der Waals surface area contributed by atoms with Gasteiger partial charge < -0.3 is 9.64 Å². The van der Waals surface area contributed by atoms with Crippen molar-refractivity contribution in [2.75, 3.05) is 19.6 Å². The predicted molar refractivity (Wildman–Crippen MR) is 70.2 cm³/mol. The molecule has 0 radical (unpaired) electrons. The van der Waals surface area contributed by atoms with Crippen LogP contribution in [0.4, 0.5) is 0 Å². The molecule has 2 aliphatic rings. The molecule has 0 saturated carbocycles. The first-order valence-electron chi connectivity index (χ1n) is 6.83. The lowest BCUT2D eigenvalue weighted by atomic mass is 9.93. The molecule has 2 heterocycles. The number of hydrogen-bond donors (Lipinski definition) is 0. The van der Waals surface area contributed by atoms with Gasteiger partial charge in [0.05, 0.1) is 5.56 Å². The van der Waals surface area contributed by atoms with Crippen LogP contribution in [-0.4, -0.2) is 36.3 Å². The number of carbonyl (C=O) groups excluding carboxylic acids is 2. The minimum absolute atomic E-state index is 0.0996. The number of fused-ring (bicyclic) bond motifs is 1. The second kappa shape index (κ2) is 5.13. The highest BCUT2D eigenvalue weighted by Crippen LogP contribution is 2.28. The number of hydrogen-bond acceptors (Lipinski definition) is 4. The van der Waals surface area contributed by atoms with Crippen molar-refractivity contribution in [3.8, 4) is 5.75 Å². The molecule has 0 amide bonds. The van der Waals surface area contributed by atoms with Gasteiger partial charge in [0, 0.05) is 6.54 Å². The van der Waals surface area contributed by atoms with Gasteiger partial charge in [-0.2, -0.15) is 0 Å². The standard InChI is InChI=1S/C15H17NO3/c17-14-11-6-2-3-7-13(11)19-15(18)12(14)10-16-8-4-1-5-9-16/h2-3,6-7,12H,1,4-5,8-10H2. The van der Waals surface area contributed by atoms with Crippen molar-refractivity contribution < 1.29 is 14.3 Å². The summed E-state index contributed by atoms with van der Waals surface area (Å²) in [4.78, 5) is 26.5. The molecule has 1 saturated heterocycles. The molecule has 19 heavy (non-hydrogen) atoms. The molecule has 0 bridgehead atoms. The van der Waals surface area contributed by atoms with Gasteiger partial charge in [-0.1, -0.05) is 18.6 Å². The highest BCUT2D eigenvalue weighted by atomic mass is 16.5. The number of ketones is 1. The first-order chi connectivity index (χ1) is 9.25. The summed E-state index contributed by atoms with van der Waals surface area (Å²) >= 11 is 0. The second-order valence-electron chi connectivity index (χ2n) is 5.20. The van der Waals surface area contributed by atoms with E-state index in [9.17, 15) is 9.59 Å². The van der Waals surface area contributed by atoms with Gasteiger partial charge in [0.25, 0.3) is 0 Å². The summed E-state index contributed by atoms with van der Waals surface area (Å²) in [6.07, 6.45) is 3.53. The number of para-hydroxylation sites is 1. The van der Waals surface area contributed by atoms with Crippen LogP contribution in [0.3, 0.4) is 0 Å². The third kappa shape index (κ3) is 2.40. The largest absolute Gasteiger partial charge is 0.425 e. The fourth-order valence-electron chi connectivity index (χ4n) is 2.79. The molecule has 0 aromatic heterocycles. The molecule has 1 aromatic carbocycles. The summed E-state index contributed by atoms with van der Waals surface area (Å²) in [6, 6.07) is 6.97. The first kappa shape index (κ1) is 12.4. The third-order valence-electron chi connectivity index (χ3n) is 3.85. The van der Waals surface area contributed by atoms with Gasteiger partial charge in [-0.25, -0.2) is 0 Å². The average molecular weight is 259 g/mol. The smallest absolute Gasteiger partial charge is 0.323 e. The van der Waals surface area contributed by atoms with Crippen LogP contribution in [0.1, 0.15) is 29.6 Å². The summed E-state index contributed by atoms with van der Waals surface area (Å²) in [6.45, 7) is 2.43. The van der Waals surface area contributed by atoms with Crippen LogP contribution >= 0.6 is 0 Å². The number of ether oxygens (including phenoxy) is 1. The zero-order chi connectivity index (χ0) is 13.2. The maximum Gasteiger partial charge on any atom is 0.323 e. The van der Waals surface area contributed by atoms with Crippen LogP contribution in [0.2, 0.25) is 0 Å². The van der Waals surface area contributed by atoms with E-state index in [1.165, 1.54) is 6.42 Å². The van der Waals surface area contributed by atoms with Crippen LogP contribution in [0.25, 0.3) is 0 Å². The molecule has 2 aliphatic heterocycles. The van der Waals surface area contributed by atoms with Crippen LogP contribution < -0.4 is 4.74 Å². The highest BCUT2D eigenvalue weighted by molar-refractivity contribution is 6.13. The number of nitrogens with zero attached hydrogens (tertiary/aromatic N) is 1. The molecule has 4 nitrogen and oxygen atoms in total. The highest BCUT2D eigenvalue weighted by Gasteiger charge is 2.37. The normalized spacial score (nSPS) is 23.9. The topological polar surface area (TPSA) is 46.6 Å². The zero-order valence-corrected chi connectivity index (χ0v) is 10.8. The Kier molecular flexibility index (Phi) is 3.34. The fraction of sp³-hybridized carbons (Fsp3) is 0.467. The van der Waals surface area contributed by atoms with Gasteiger partial charge >= 0.3 is 5.97 Å². The molecule has 1 aromatic rings. The molecular formula is C15H17NO3. The van der Waals surface area contributed by atoms with E-state index >= 15 is 0 Å². The summed E-state index contributed by atoms with van der Waals surface area (Å²) < 4.78 is 5.27. The molecule has 1 fully saturated rings. The Morgan fingerprint density at radius 3 is 2.63 bits per heavy atom. The minimum Gasteiger partial charge on any atom is -0.425 e. The maximum absolute atomic E-state index is 12.4. The quantitative estimate of drug-likeness (QED) is 0.462. The van der Waals surface area contributed by atoms with E-state index in [4.69, 9.17) is 4.74 Å². The number of rotatable bonds is 2. The monoisotopic (exact) mass is 259 g/mol. The SMILES string of the molecule is O=C1Oc2ccccc2C(=O)C1CN1CCCCC1. The molecular weight excluding hydrogens is 242 g/mol. The molecule has 0 spiro atoms. The van der Waals surface area contributed by atoms with E-state index < -0.39 is 11.9 Å². The number of Topliss-reactive ketones (excluding diaryl/α,β-unsaturated/α-hetero) is 1. The van der Waals surface area contributed by atoms with Gasteiger partial charge in [0.2, 0.25) is 0 Å². The fourth-order valence-corrected chi connectivity index (χ4v) is 2.79. The number of benzene rings is 1. The Morgan fingerprint density at radius 2 is 1.84 bits per heavy atom. The van der Waals surface area contributed by atoms with E-state index in [0.29, 0.717) is 17.9 Å². The Labute approximate surface area is 112 Å². The van der Waals surface area contributed by atoms with Crippen molar-refractivity contribution in [1.82, 2.24) is 4.90 Å². The van der Waals surface area contributed by atoms with Crippen LogP contribution in [0.15, 0.2) is 24.3 Å². The molecule has 4 heteroatoms. The number of likely N-dealkylation sites (tertiary alicyclic amines) is 1. The number of piperidine rings is 1. The van der Waals surface area contributed by atoms with Gasteiger partial charge in [-0.3, -0.25) is 9.59 Å². The van der Waals surface area contributed by atoms with Crippen molar-refractivity contribution in [1.29, 1.82) is 0 Å².